The highest BCUT2D eigenvalue weighted by molar-refractivity contribution is 7.89. The molecule has 18 heavy (non-hydrogen) atoms. The molecule has 0 bridgehead atoms. The van der Waals surface area contributed by atoms with E-state index in [9.17, 15) is 8.42 Å². The molecule has 1 rings (SSSR count). The molecule has 0 fully saturated rings. The van der Waals surface area contributed by atoms with E-state index in [-0.39, 0.29) is 15.9 Å². The predicted octanol–water partition coefficient (Wildman–Crippen LogP) is 1.18. The quantitative estimate of drug-likeness (QED) is 0.768. The third-order valence-electron chi connectivity index (χ3n) is 2.38. The highest BCUT2D eigenvalue weighted by Crippen LogP contribution is 2.09. The third kappa shape index (κ3) is 4.01. The molecule has 0 amide bonds. The lowest BCUT2D eigenvalue weighted by molar-refractivity contribution is 0.543. The van der Waals surface area contributed by atoms with Crippen LogP contribution in [0.15, 0.2) is 23.2 Å². The number of nitrogens with two attached hydrogens (primary N) is 1. The molecule has 0 aliphatic heterocycles. The van der Waals surface area contributed by atoms with Gasteiger partial charge in [-0.3, -0.25) is 4.98 Å². The summed E-state index contributed by atoms with van der Waals surface area (Å²) in [5.41, 5.74) is 5.80. The zero-order valence-corrected chi connectivity index (χ0v) is 12.0. The van der Waals surface area contributed by atoms with Gasteiger partial charge in [0, 0.05) is 12.2 Å². The summed E-state index contributed by atoms with van der Waals surface area (Å²) in [6, 6.07) is 2.85. The summed E-state index contributed by atoms with van der Waals surface area (Å²) in [5, 5.41) is 0. The van der Waals surface area contributed by atoms with Crippen LogP contribution in [0, 0.1) is 0 Å². The average Bonchev–Trinajstić information content (AvgIpc) is 2.28. The van der Waals surface area contributed by atoms with Crippen molar-refractivity contribution in [1.29, 1.82) is 0 Å². The Morgan fingerprint density at radius 3 is 2.67 bits per heavy atom. The van der Waals surface area contributed by atoms with Crippen LogP contribution < -0.4 is 10.5 Å². The smallest absolute Gasteiger partial charge is 0.242 e. The van der Waals surface area contributed by atoms with Crippen LogP contribution in [-0.4, -0.2) is 24.4 Å². The normalized spacial score (nSPS) is 13.2. The van der Waals surface area contributed by atoms with Gasteiger partial charge in [-0.25, -0.2) is 13.1 Å². The van der Waals surface area contributed by atoms with Gasteiger partial charge in [0.15, 0.2) is 0 Å². The van der Waals surface area contributed by atoms with Gasteiger partial charge >= 0.3 is 0 Å². The number of nitrogens with zero attached hydrogens (tertiary/aromatic N) is 1. The molecular weight excluding hydrogens is 270 g/mol. The molecule has 0 saturated carbocycles. The Kier molecular flexibility index (Phi) is 5.18. The topological polar surface area (TPSA) is 85.1 Å². The minimum atomic E-state index is -3.52. The molecule has 1 atom stereocenters. The van der Waals surface area contributed by atoms with Gasteiger partial charge in [-0.2, -0.15) is 0 Å². The summed E-state index contributed by atoms with van der Waals surface area (Å²) >= 11 is 4.75. The van der Waals surface area contributed by atoms with E-state index in [1.165, 1.54) is 18.3 Å². The van der Waals surface area contributed by atoms with Crippen molar-refractivity contribution in [3.8, 4) is 0 Å². The molecule has 0 spiro atoms. The van der Waals surface area contributed by atoms with Crippen molar-refractivity contribution < 1.29 is 8.42 Å². The summed E-state index contributed by atoms with van der Waals surface area (Å²) in [5.74, 6) is 0. The highest BCUT2D eigenvalue weighted by Gasteiger charge is 2.17. The molecule has 0 radical (unpaired) electrons. The largest absolute Gasteiger partial charge is 0.388 e. The molecule has 1 aromatic heterocycles. The summed E-state index contributed by atoms with van der Waals surface area (Å²) < 4.78 is 26.6. The van der Waals surface area contributed by atoms with E-state index in [1.807, 2.05) is 13.8 Å². The Balaban J connectivity index is 2.88. The number of thiocarbonyl (C=S) groups is 1. The van der Waals surface area contributed by atoms with Crippen LogP contribution in [0.3, 0.4) is 0 Å². The number of hydrogen-bond donors (Lipinski definition) is 2. The van der Waals surface area contributed by atoms with Crippen LogP contribution in [0.5, 0.6) is 0 Å². The van der Waals surface area contributed by atoms with E-state index in [0.717, 1.165) is 12.8 Å². The van der Waals surface area contributed by atoms with Crippen molar-refractivity contribution in [2.24, 2.45) is 5.73 Å². The van der Waals surface area contributed by atoms with Crippen LogP contribution in [0.2, 0.25) is 0 Å². The molecule has 1 heterocycles. The fraction of sp³-hybridized carbons (Fsp3) is 0.455. The lowest BCUT2D eigenvalue weighted by Crippen LogP contribution is -2.32. The Morgan fingerprint density at radius 2 is 2.22 bits per heavy atom. The van der Waals surface area contributed by atoms with Crippen molar-refractivity contribution in [3.05, 3.63) is 24.0 Å². The number of rotatable bonds is 6. The molecular formula is C11H17N3O2S2. The highest BCUT2D eigenvalue weighted by atomic mass is 32.2. The maximum Gasteiger partial charge on any atom is 0.242 e. The molecule has 3 N–H and O–H groups in total. The second-order valence-corrected chi connectivity index (χ2v) is 6.21. The van der Waals surface area contributed by atoms with Crippen LogP contribution in [0.4, 0.5) is 0 Å². The standard InChI is InChI=1S/C11H17N3O2S2/c1-3-4-8(2)14-18(15,16)9-5-6-10(11(12)17)13-7-9/h5-8,14H,3-4H2,1-2H3,(H2,12,17). The van der Waals surface area contributed by atoms with Gasteiger partial charge in [0.2, 0.25) is 10.0 Å². The first-order chi connectivity index (χ1) is 8.36. The number of nitrogens with one attached hydrogen (secondary N) is 1. The van der Waals surface area contributed by atoms with Crippen molar-refractivity contribution in [3.63, 3.8) is 0 Å². The first kappa shape index (κ1) is 15.0. The summed E-state index contributed by atoms with van der Waals surface area (Å²) in [6.07, 6.45) is 2.97. The van der Waals surface area contributed by atoms with E-state index < -0.39 is 10.0 Å². The fourth-order valence-corrected chi connectivity index (χ4v) is 2.85. The monoisotopic (exact) mass is 287 g/mol. The minimum absolute atomic E-state index is 0.102. The number of aromatic nitrogens is 1. The van der Waals surface area contributed by atoms with Crippen LogP contribution >= 0.6 is 12.2 Å². The van der Waals surface area contributed by atoms with Gasteiger partial charge in [-0.1, -0.05) is 25.6 Å². The maximum atomic E-state index is 12.0. The zero-order chi connectivity index (χ0) is 13.8. The second kappa shape index (κ2) is 6.21. The van der Waals surface area contributed by atoms with Gasteiger partial charge in [0.25, 0.3) is 0 Å². The molecule has 7 heteroatoms. The molecule has 100 valence electrons. The second-order valence-electron chi connectivity index (χ2n) is 4.05. The van der Waals surface area contributed by atoms with Crippen molar-refractivity contribution >= 4 is 27.2 Å². The molecule has 0 aliphatic rings. The SMILES string of the molecule is CCCC(C)NS(=O)(=O)c1ccc(C(N)=S)nc1. The van der Waals surface area contributed by atoms with Gasteiger partial charge in [0.1, 0.15) is 9.88 Å². The Labute approximate surface area is 113 Å². The summed E-state index contributed by atoms with van der Waals surface area (Å²) in [6.45, 7) is 3.83. The summed E-state index contributed by atoms with van der Waals surface area (Å²) in [7, 11) is -3.52. The number of pyridine rings is 1. The van der Waals surface area contributed by atoms with Gasteiger partial charge < -0.3 is 5.73 Å². The third-order valence-corrected chi connectivity index (χ3v) is 4.16. The molecule has 5 nitrogen and oxygen atoms in total. The van der Waals surface area contributed by atoms with Crippen LogP contribution in [0.25, 0.3) is 0 Å². The molecule has 0 aliphatic carbocycles. The molecule has 0 saturated heterocycles. The lowest BCUT2D eigenvalue weighted by atomic mass is 10.2. The number of hydrogen-bond acceptors (Lipinski definition) is 4. The Morgan fingerprint density at radius 1 is 1.56 bits per heavy atom. The van der Waals surface area contributed by atoms with E-state index in [0.29, 0.717) is 5.69 Å². The van der Waals surface area contributed by atoms with Gasteiger partial charge in [-0.05, 0) is 25.5 Å². The van der Waals surface area contributed by atoms with Gasteiger partial charge in [0.05, 0.1) is 5.69 Å². The van der Waals surface area contributed by atoms with E-state index >= 15 is 0 Å². The van der Waals surface area contributed by atoms with E-state index in [2.05, 4.69) is 9.71 Å². The minimum Gasteiger partial charge on any atom is -0.388 e. The van der Waals surface area contributed by atoms with Crippen molar-refractivity contribution in [2.45, 2.75) is 37.6 Å². The van der Waals surface area contributed by atoms with Crippen LogP contribution in [0.1, 0.15) is 32.4 Å². The molecule has 1 unspecified atom stereocenters. The van der Waals surface area contributed by atoms with E-state index in [1.54, 1.807) is 0 Å². The van der Waals surface area contributed by atoms with Crippen molar-refractivity contribution in [1.82, 2.24) is 9.71 Å². The predicted molar refractivity (Wildman–Crippen MR) is 74.8 cm³/mol. The maximum absolute atomic E-state index is 12.0. The number of sulfonamides is 1. The van der Waals surface area contributed by atoms with E-state index in [4.69, 9.17) is 18.0 Å². The molecule has 1 aromatic rings. The summed E-state index contributed by atoms with van der Waals surface area (Å²) in [4.78, 5) is 4.17. The lowest BCUT2D eigenvalue weighted by Gasteiger charge is -2.13. The first-order valence-corrected chi connectivity index (χ1v) is 7.54. The zero-order valence-electron chi connectivity index (χ0n) is 10.4. The Hall–Kier alpha value is -1.05. The van der Waals surface area contributed by atoms with Gasteiger partial charge in [-0.15, -0.1) is 0 Å². The fourth-order valence-electron chi connectivity index (χ4n) is 1.51. The molecule has 0 aromatic carbocycles. The van der Waals surface area contributed by atoms with Crippen molar-refractivity contribution in [2.75, 3.05) is 0 Å². The average molecular weight is 287 g/mol. The first-order valence-electron chi connectivity index (χ1n) is 5.65. The van der Waals surface area contributed by atoms with Crippen LogP contribution in [-0.2, 0) is 10.0 Å². The Bertz CT molecular complexity index is 512.